The zero-order chi connectivity index (χ0) is 13.9. The van der Waals surface area contributed by atoms with E-state index in [1.165, 1.54) is 15.6 Å². The maximum atomic E-state index is 12.2. The van der Waals surface area contributed by atoms with E-state index in [-0.39, 0.29) is 0 Å². The monoisotopic (exact) mass is 367 g/mol. The Bertz CT molecular complexity index is 510. The Balaban J connectivity index is 1.90. The summed E-state index contributed by atoms with van der Waals surface area (Å²) < 4.78 is 29.4. The lowest BCUT2D eigenvalue weighted by Crippen LogP contribution is -2.45. The summed E-state index contributed by atoms with van der Waals surface area (Å²) in [5, 5.41) is 1.93. The normalized spacial score (nSPS) is 18.8. The van der Waals surface area contributed by atoms with Gasteiger partial charge in [0.2, 0.25) is 0 Å². The van der Waals surface area contributed by atoms with Gasteiger partial charge in [0.1, 0.15) is 0 Å². The fourth-order valence-corrected chi connectivity index (χ4v) is 4.81. The summed E-state index contributed by atoms with van der Waals surface area (Å²) in [6.45, 7) is 2.09. The second-order valence-corrected chi connectivity index (χ2v) is 8.21. The number of hydrogen-bond acceptors (Lipinski definition) is 4. The first-order valence-electron chi connectivity index (χ1n) is 6.19. The van der Waals surface area contributed by atoms with Crippen LogP contribution in [0.2, 0.25) is 0 Å². The molecular weight excluding hydrogens is 350 g/mol. The van der Waals surface area contributed by atoms with Crippen molar-refractivity contribution in [1.29, 1.82) is 0 Å². The lowest BCUT2D eigenvalue weighted by molar-refractivity contribution is 0.276. The number of nitrogens with zero attached hydrogens (tertiary/aromatic N) is 1. The number of piperidine rings is 1. The second kappa shape index (κ2) is 6.64. The summed E-state index contributed by atoms with van der Waals surface area (Å²) in [6.07, 6.45) is 1.69. The molecule has 0 spiro atoms. The summed E-state index contributed by atoms with van der Waals surface area (Å²) in [7, 11) is -3.38. The fraction of sp³-hybridized carbons (Fsp3) is 0.636. The summed E-state index contributed by atoms with van der Waals surface area (Å²) in [4.78, 5) is 0.986. The zero-order valence-electron chi connectivity index (χ0n) is 10.5. The summed E-state index contributed by atoms with van der Waals surface area (Å²) in [6, 6.07) is 1.92. The quantitative estimate of drug-likeness (QED) is 0.828. The van der Waals surface area contributed by atoms with Gasteiger partial charge in [-0.05, 0) is 52.7 Å². The molecule has 2 heterocycles. The highest BCUT2D eigenvalue weighted by molar-refractivity contribution is 9.10. The van der Waals surface area contributed by atoms with Crippen molar-refractivity contribution in [2.24, 2.45) is 11.7 Å². The average molecular weight is 368 g/mol. The Hall–Kier alpha value is 0.01000. The van der Waals surface area contributed by atoms with Crippen molar-refractivity contribution in [3.05, 3.63) is 20.8 Å². The number of thiophene rings is 1. The third-order valence-corrected chi connectivity index (χ3v) is 6.83. The van der Waals surface area contributed by atoms with E-state index in [2.05, 4.69) is 20.7 Å². The highest BCUT2D eigenvalue weighted by atomic mass is 79.9. The molecule has 0 radical (unpaired) electrons. The van der Waals surface area contributed by atoms with Gasteiger partial charge in [0.25, 0.3) is 10.2 Å². The highest BCUT2D eigenvalue weighted by Crippen LogP contribution is 2.23. The molecule has 1 fully saturated rings. The molecule has 2 rings (SSSR count). The molecule has 3 N–H and O–H groups in total. The van der Waals surface area contributed by atoms with Crippen LogP contribution >= 0.6 is 27.3 Å². The molecule has 0 aliphatic carbocycles. The molecule has 0 unspecified atom stereocenters. The minimum atomic E-state index is -3.38. The number of rotatable bonds is 5. The van der Waals surface area contributed by atoms with Crippen LogP contribution in [0, 0.1) is 5.92 Å². The predicted molar refractivity (Wildman–Crippen MR) is 81.1 cm³/mol. The molecule has 0 aromatic carbocycles. The van der Waals surface area contributed by atoms with Crippen LogP contribution in [0.5, 0.6) is 0 Å². The highest BCUT2D eigenvalue weighted by Gasteiger charge is 2.27. The minimum Gasteiger partial charge on any atom is -0.330 e. The van der Waals surface area contributed by atoms with Gasteiger partial charge < -0.3 is 5.73 Å². The topological polar surface area (TPSA) is 75.4 Å². The second-order valence-electron chi connectivity index (χ2n) is 4.60. The Labute approximate surface area is 126 Å². The minimum absolute atomic E-state index is 0.331. The smallest absolute Gasteiger partial charge is 0.279 e. The van der Waals surface area contributed by atoms with Gasteiger partial charge >= 0.3 is 0 Å². The molecule has 1 aliphatic heterocycles. The van der Waals surface area contributed by atoms with Crippen molar-refractivity contribution in [3.63, 3.8) is 0 Å². The van der Waals surface area contributed by atoms with E-state index in [9.17, 15) is 8.42 Å². The maximum Gasteiger partial charge on any atom is 0.279 e. The van der Waals surface area contributed by atoms with Gasteiger partial charge in [-0.1, -0.05) is 0 Å². The van der Waals surface area contributed by atoms with Crippen LogP contribution in [0.4, 0.5) is 0 Å². The fourth-order valence-electron chi connectivity index (χ4n) is 2.08. The molecule has 0 bridgehead atoms. The van der Waals surface area contributed by atoms with Gasteiger partial charge in [0.15, 0.2) is 0 Å². The Morgan fingerprint density at radius 1 is 1.47 bits per heavy atom. The molecule has 5 nitrogen and oxygen atoms in total. The number of nitrogens with two attached hydrogens (primary N) is 1. The van der Waals surface area contributed by atoms with Gasteiger partial charge in [-0.15, -0.1) is 11.3 Å². The zero-order valence-corrected chi connectivity index (χ0v) is 13.7. The Morgan fingerprint density at radius 2 is 2.16 bits per heavy atom. The van der Waals surface area contributed by atoms with Crippen LogP contribution < -0.4 is 10.5 Å². The van der Waals surface area contributed by atoms with Gasteiger partial charge in [0, 0.05) is 29.0 Å². The molecule has 1 aromatic heterocycles. The van der Waals surface area contributed by atoms with Crippen molar-refractivity contribution in [1.82, 2.24) is 9.03 Å². The standard InChI is InChI=1S/C11H18BrN3O2S2/c12-10-3-6-18-11(10)8-14-19(16,17)15-4-1-9(7-13)2-5-15/h3,6,9,14H,1-2,4-5,7-8,13H2. The van der Waals surface area contributed by atoms with Crippen LogP contribution in [0.1, 0.15) is 17.7 Å². The molecular formula is C11H18BrN3O2S2. The predicted octanol–water partition coefficient (Wildman–Crippen LogP) is 1.52. The summed E-state index contributed by atoms with van der Waals surface area (Å²) in [5.74, 6) is 0.456. The van der Waals surface area contributed by atoms with Crippen molar-refractivity contribution < 1.29 is 8.42 Å². The molecule has 19 heavy (non-hydrogen) atoms. The largest absolute Gasteiger partial charge is 0.330 e. The maximum absolute atomic E-state index is 12.2. The first-order valence-corrected chi connectivity index (χ1v) is 9.31. The molecule has 108 valence electrons. The first kappa shape index (κ1) is 15.4. The third kappa shape index (κ3) is 3.99. The molecule has 1 aliphatic rings. The van der Waals surface area contributed by atoms with Gasteiger partial charge in [-0.25, -0.2) is 0 Å². The van der Waals surface area contributed by atoms with Crippen LogP contribution in [0.25, 0.3) is 0 Å². The van der Waals surface area contributed by atoms with Crippen LogP contribution in [0.3, 0.4) is 0 Å². The van der Waals surface area contributed by atoms with E-state index < -0.39 is 10.2 Å². The molecule has 0 saturated carbocycles. The van der Waals surface area contributed by atoms with Crippen molar-refractivity contribution in [2.75, 3.05) is 19.6 Å². The molecule has 8 heteroatoms. The van der Waals surface area contributed by atoms with E-state index in [4.69, 9.17) is 5.73 Å². The SMILES string of the molecule is NCC1CCN(S(=O)(=O)NCc2sccc2Br)CC1. The van der Waals surface area contributed by atoms with Crippen LogP contribution in [-0.2, 0) is 16.8 Å². The van der Waals surface area contributed by atoms with E-state index in [1.807, 2.05) is 11.4 Å². The Kier molecular flexibility index (Phi) is 5.38. The average Bonchev–Trinajstić information content (AvgIpc) is 2.82. The van der Waals surface area contributed by atoms with Crippen molar-refractivity contribution in [2.45, 2.75) is 19.4 Å². The number of hydrogen-bond donors (Lipinski definition) is 2. The lowest BCUT2D eigenvalue weighted by Gasteiger charge is -2.30. The Morgan fingerprint density at radius 3 is 2.68 bits per heavy atom. The van der Waals surface area contributed by atoms with Crippen molar-refractivity contribution in [3.8, 4) is 0 Å². The van der Waals surface area contributed by atoms with Crippen molar-refractivity contribution >= 4 is 37.5 Å². The third-order valence-electron chi connectivity index (χ3n) is 3.35. The molecule has 0 atom stereocenters. The van der Waals surface area contributed by atoms with Crippen LogP contribution in [0.15, 0.2) is 15.9 Å². The van der Waals surface area contributed by atoms with E-state index >= 15 is 0 Å². The van der Waals surface area contributed by atoms with Gasteiger partial charge in [0.05, 0.1) is 0 Å². The van der Waals surface area contributed by atoms with Crippen LogP contribution in [-0.4, -0.2) is 32.4 Å². The number of halogens is 1. The lowest BCUT2D eigenvalue weighted by atomic mass is 9.99. The number of nitrogens with one attached hydrogen (secondary N) is 1. The molecule has 0 amide bonds. The first-order chi connectivity index (χ1) is 9.03. The molecule has 1 saturated heterocycles. The van der Waals surface area contributed by atoms with E-state index in [0.29, 0.717) is 32.1 Å². The summed E-state index contributed by atoms with van der Waals surface area (Å²) >= 11 is 4.93. The molecule has 1 aromatic rings. The van der Waals surface area contributed by atoms with Gasteiger partial charge in [-0.2, -0.15) is 17.4 Å². The van der Waals surface area contributed by atoms with E-state index in [0.717, 1.165) is 22.2 Å². The summed E-state index contributed by atoms with van der Waals surface area (Å²) in [5.41, 5.74) is 5.61. The van der Waals surface area contributed by atoms with E-state index in [1.54, 1.807) is 0 Å². The van der Waals surface area contributed by atoms with Gasteiger partial charge in [-0.3, -0.25) is 0 Å².